The van der Waals surface area contributed by atoms with Crippen LogP contribution in [-0.4, -0.2) is 42.8 Å². The number of nitrogens with zero attached hydrogens (tertiary/aromatic N) is 3. The molecule has 0 fully saturated rings. The van der Waals surface area contributed by atoms with Gasteiger partial charge < -0.3 is 15.0 Å². The maximum absolute atomic E-state index is 5.48. The van der Waals surface area contributed by atoms with Gasteiger partial charge in [0.25, 0.3) is 0 Å². The Hall–Kier alpha value is -1.88. The molecule has 0 aliphatic heterocycles. The van der Waals surface area contributed by atoms with Gasteiger partial charge in [0, 0.05) is 31.6 Å². The van der Waals surface area contributed by atoms with Crippen molar-refractivity contribution >= 4 is 22.7 Å². The van der Waals surface area contributed by atoms with E-state index in [4.69, 9.17) is 4.74 Å². The lowest BCUT2D eigenvalue weighted by molar-refractivity contribution is 0.154. The van der Waals surface area contributed by atoms with E-state index in [1.54, 1.807) is 0 Å². The number of fused-ring (bicyclic) bond motifs is 1. The van der Waals surface area contributed by atoms with Gasteiger partial charge in [-0.1, -0.05) is 12.1 Å². The first-order valence-corrected chi connectivity index (χ1v) is 7.63. The molecule has 2 rings (SSSR count). The van der Waals surface area contributed by atoms with E-state index in [0.29, 0.717) is 12.6 Å². The predicted octanol–water partition coefficient (Wildman–Crippen LogP) is 2.92. The van der Waals surface area contributed by atoms with Gasteiger partial charge in [-0.2, -0.15) is 4.98 Å². The van der Waals surface area contributed by atoms with Crippen molar-refractivity contribution < 1.29 is 4.74 Å². The average molecular weight is 288 g/mol. The molecule has 0 unspecified atom stereocenters. The average Bonchev–Trinajstić information content (AvgIpc) is 2.51. The summed E-state index contributed by atoms with van der Waals surface area (Å²) in [5, 5.41) is 4.29. The summed E-state index contributed by atoms with van der Waals surface area (Å²) in [6.07, 6.45) is 0. The van der Waals surface area contributed by atoms with Crippen molar-refractivity contribution in [2.24, 2.45) is 0 Å². The number of ether oxygens (including phenoxy) is 1. The van der Waals surface area contributed by atoms with Crippen LogP contribution in [0, 0.1) is 0 Å². The maximum Gasteiger partial charge on any atom is 0.225 e. The third-order valence-electron chi connectivity index (χ3n) is 3.31. The Balaban J connectivity index is 2.38. The summed E-state index contributed by atoms with van der Waals surface area (Å²) < 4.78 is 5.48. The summed E-state index contributed by atoms with van der Waals surface area (Å²) in [5.41, 5.74) is 0.966. The molecule has 5 nitrogen and oxygen atoms in total. The molecule has 21 heavy (non-hydrogen) atoms. The van der Waals surface area contributed by atoms with E-state index in [0.717, 1.165) is 43.0 Å². The van der Waals surface area contributed by atoms with Crippen molar-refractivity contribution in [1.29, 1.82) is 0 Å². The molecule has 5 heteroatoms. The molecule has 1 aromatic heterocycles. The monoisotopic (exact) mass is 288 g/mol. The first-order valence-electron chi connectivity index (χ1n) is 7.63. The summed E-state index contributed by atoms with van der Waals surface area (Å²) in [5.74, 6) is 1.65. The molecule has 0 aliphatic rings. The number of nitrogens with one attached hydrogen (secondary N) is 1. The zero-order valence-corrected chi connectivity index (χ0v) is 13.1. The first kappa shape index (κ1) is 15.5. The molecule has 114 valence electrons. The number of aromatic nitrogens is 2. The number of hydrogen-bond acceptors (Lipinski definition) is 5. The minimum atomic E-state index is 0.682. The second-order valence-corrected chi connectivity index (χ2v) is 4.69. The molecule has 0 aliphatic carbocycles. The summed E-state index contributed by atoms with van der Waals surface area (Å²) in [7, 11) is 0. The van der Waals surface area contributed by atoms with Crippen molar-refractivity contribution in [3.8, 4) is 0 Å². The van der Waals surface area contributed by atoms with Crippen LogP contribution in [0.25, 0.3) is 10.9 Å². The first-order chi connectivity index (χ1) is 10.3. The maximum atomic E-state index is 5.48. The van der Waals surface area contributed by atoms with E-state index >= 15 is 0 Å². The topological polar surface area (TPSA) is 50.3 Å². The van der Waals surface area contributed by atoms with Crippen molar-refractivity contribution in [2.75, 3.05) is 43.1 Å². The van der Waals surface area contributed by atoms with E-state index in [2.05, 4.69) is 33.2 Å². The van der Waals surface area contributed by atoms with Gasteiger partial charge in [-0.3, -0.25) is 0 Å². The molecule has 0 bridgehead atoms. The Morgan fingerprint density at radius 2 is 1.95 bits per heavy atom. The highest BCUT2D eigenvalue weighted by atomic mass is 16.5. The normalized spacial score (nSPS) is 10.8. The number of rotatable bonds is 8. The van der Waals surface area contributed by atoms with Gasteiger partial charge >= 0.3 is 0 Å². The van der Waals surface area contributed by atoms with Gasteiger partial charge in [0.1, 0.15) is 5.82 Å². The Morgan fingerprint density at radius 1 is 1.14 bits per heavy atom. The second kappa shape index (κ2) is 7.78. The molecule has 2 aromatic rings. The molecule has 0 atom stereocenters. The van der Waals surface area contributed by atoms with E-state index in [9.17, 15) is 0 Å². The number of benzene rings is 1. The Morgan fingerprint density at radius 3 is 2.67 bits per heavy atom. The third kappa shape index (κ3) is 3.82. The second-order valence-electron chi connectivity index (χ2n) is 4.69. The van der Waals surface area contributed by atoms with E-state index in [1.165, 1.54) is 0 Å². The Kier molecular flexibility index (Phi) is 5.75. The van der Waals surface area contributed by atoms with Gasteiger partial charge in [0.15, 0.2) is 0 Å². The van der Waals surface area contributed by atoms with Crippen molar-refractivity contribution in [1.82, 2.24) is 9.97 Å². The molecule has 0 spiro atoms. The number of hydrogen-bond donors (Lipinski definition) is 1. The molecular formula is C16H24N4O. The quantitative estimate of drug-likeness (QED) is 0.757. The van der Waals surface area contributed by atoms with E-state index < -0.39 is 0 Å². The zero-order chi connectivity index (χ0) is 15.1. The predicted molar refractivity (Wildman–Crippen MR) is 88.1 cm³/mol. The third-order valence-corrected chi connectivity index (χ3v) is 3.31. The fourth-order valence-corrected chi connectivity index (χ4v) is 2.27. The van der Waals surface area contributed by atoms with Crippen molar-refractivity contribution in [3.05, 3.63) is 24.3 Å². The van der Waals surface area contributed by atoms with Crippen LogP contribution in [0.15, 0.2) is 24.3 Å². The standard InChI is InChI=1S/C16H24N4O/c1-4-17-16-18-14-10-8-7-9-13(14)15(19-16)20(5-2)11-12-21-6-3/h7-10H,4-6,11-12H2,1-3H3,(H,17,18,19). The highest BCUT2D eigenvalue weighted by Gasteiger charge is 2.13. The molecule has 1 N–H and O–H groups in total. The Bertz CT molecular complexity index is 573. The van der Waals surface area contributed by atoms with Crippen molar-refractivity contribution in [3.63, 3.8) is 0 Å². The number of para-hydroxylation sites is 1. The summed E-state index contributed by atoms with van der Waals surface area (Å²) in [6.45, 7) is 10.2. The lowest BCUT2D eigenvalue weighted by Gasteiger charge is -2.23. The summed E-state index contributed by atoms with van der Waals surface area (Å²) in [6, 6.07) is 8.13. The zero-order valence-electron chi connectivity index (χ0n) is 13.1. The molecule has 0 radical (unpaired) electrons. The molecule has 1 aromatic carbocycles. The van der Waals surface area contributed by atoms with Crippen LogP contribution in [0.2, 0.25) is 0 Å². The molecular weight excluding hydrogens is 264 g/mol. The van der Waals surface area contributed by atoms with Crippen LogP contribution in [-0.2, 0) is 4.74 Å². The van der Waals surface area contributed by atoms with Gasteiger partial charge in [-0.05, 0) is 32.9 Å². The van der Waals surface area contributed by atoms with Crippen LogP contribution >= 0.6 is 0 Å². The smallest absolute Gasteiger partial charge is 0.225 e. The highest BCUT2D eigenvalue weighted by molar-refractivity contribution is 5.90. The lowest BCUT2D eigenvalue weighted by Crippen LogP contribution is -2.28. The number of anilines is 2. The van der Waals surface area contributed by atoms with Gasteiger partial charge in [0.05, 0.1) is 12.1 Å². The van der Waals surface area contributed by atoms with Gasteiger partial charge in [0.2, 0.25) is 5.95 Å². The van der Waals surface area contributed by atoms with E-state index in [1.807, 2.05) is 32.0 Å². The minimum absolute atomic E-state index is 0.682. The van der Waals surface area contributed by atoms with Crippen LogP contribution in [0.3, 0.4) is 0 Å². The fourth-order valence-electron chi connectivity index (χ4n) is 2.27. The van der Waals surface area contributed by atoms with Crippen LogP contribution in [0.1, 0.15) is 20.8 Å². The van der Waals surface area contributed by atoms with Crippen LogP contribution in [0.4, 0.5) is 11.8 Å². The molecule has 0 saturated heterocycles. The minimum Gasteiger partial charge on any atom is -0.380 e. The van der Waals surface area contributed by atoms with E-state index in [-0.39, 0.29) is 0 Å². The van der Waals surface area contributed by atoms with Crippen molar-refractivity contribution in [2.45, 2.75) is 20.8 Å². The molecule has 0 saturated carbocycles. The van der Waals surface area contributed by atoms with Gasteiger partial charge in [-0.15, -0.1) is 0 Å². The summed E-state index contributed by atoms with van der Waals surface area (Å²) >= 11 is 0. The van der Waals surface area contributed by atoms with Gasteiger partial charge in [-0.25, -0.2) is 4.98 Å². The lowest BCUT2D eigenvalue weighted by atomic mass is 10.2. The van der Waals surface area contributed by atoms with Crippen LogP contribution in [0.5, 0.6) is 0 Å². The largest absolute Gasteiger partial charge is 0.380 e. The summed E-state index contributed by atoms with van der Waals surface area (Å²) in [4.78, 5) is 11.5. The molecule has 0 amide bonds. The highest BCUT2D eigenvalue weighted by Crippen LogP contribution is 2.25. The Labute approximate surface area is 126 Å². The number of likely N-dealkylation sites (N-methyl/N-ethyl adjacent to an activating group) is 1. The SMILES string of the molecule is CCNc1nc(N(CC)CCOCC)c2ccccc2n1. The molecule has 1 heterocycles. The fraction of sp³-hybridized carbons (Fsp3) is 0.500. The van der Waals surface area contributed by atoms with Crippen LogP contribution < -0.4 is 10.2 Å².